The quantitative estimate of drug-likeness (QED) is 0.509. The summed E-state index contributed by atoms with van der Waals surface area (Å²) in [6.45, 7) is 5.43. The van der Waals surface area contributed by atoms with Crippen LogP contribution in [0.5, 0.6) is 5.75 Å². The molecule has 8 nitrogen and oxygen atoms in total. The van der Waals surface area contributed by atoms with Crippen molar-refractivity contribution in [2.24, 2.45) is 5.92 Å². The average Bonchev–Trinajstić information content (AvgIpc) is 2.69. The van der Waals surface area contributed by atoms with E-state index in [9.17, 15) is 14.4 Å². The van der Waals surface area contributed by atoms with E-state index >= 15 is 0 Å². The van der Waals surface area contributed by atoms with E-state index < -0.39 is 17.9 Å². The Morgan fingerprint density at radius 3 is 2.76 bits per heavy atom. The number of methoxy groups -OCH3 is 1. The maximum absolute atomic E-state index is 12.8. The van der Waals surface area contributed by atoms with Gasteiger partial charge in [-0.1, -0.05) is 26.0 Å². The van der Waals surface area contributed by atoms with Crippen LogP contribution >= 0.6 is 12.2 Å². The van der Waals surface area contributed by atoms with Crippen molar-refractivity contribution in [3.8, 4) is 5.75 Å². The molecule has 0 aliphatic carbocycles. The summed E-state index contributed by atoms with van der Waals surface area (Å²) in [6.07, 6.45) is 0.708. The van der Waals surface area contributed by atoms with Crippen LogP contribution in [-0.4, -0.2) is 60.6 Å². The number of piperazine rings is 1. The van der Waals surface area contributed by atoms with Gasteiger partial charge >= 0.3 is 5.97 Å². The lowest BCUT2D eigenvalue weighted by molar-refractivity contribution is -0.144. The van der Waals surface area contributed by atoms with Gasteiger partial charge in [0.1, 0.15) is 11.8 Å². The van der Waals surface area contributed by atoms with E-state index in [0.29, 0.717) is 36.9 Å². The molecule has 0 spiro atoms. The minimum atomic E-state index is -0.832. The van der Waals surface area contributed by atoms with Crippen molar-refractivity contribution >= 4 is 35.1 Å². The van der Waals surface area contributed by atoms with Gasteiger partial charge in [-0.2, -0.15) is 0 Å². The van der Waals surface area contributed by atoms with Crippen molar-refractivity contribution in [2.75, 3.05) is 26.8 Å². The molecule has 1 saturated heterocycles. The largest absolute Gasteiger partial charge is 0.493 e. The first-order valence-electron chi connectivity index (χ1n) is 9.51. The Kier molecular flexibility index (Phi) is 8.38. The number of nitrogens with zero attached hydrogens (tertiary/aromatic N) is 1. The monoisotopic (exact) mass is 421 g/mol. The predicted molar refractivity (Wildman–Crippen MR) is 112 cm³/mol. The zero-order chi connectivity index (χ0) is 21.4. The van der Waals surface area contributed by atoms with Gasteiger partial charge in [0.2, 0.25) is 5.91 Å². The molecule has 1 aliphatic heterocycles. The first-order chi connectivity index (χ1) is 13.8. The number of ether oxygens (including phenoxy) is 2. The van der Waals surface area contributed by atoms with Crippen LogP contribution < -0.4 is 15.4 Å². The Balaban J connectivity index is 2.08. The molecule has 1 aromatic carbocycles. The first-order valence-corrected chi connectivity index (χ1v) is 9.92. The minimum absolute atomic E-state index is 0.0794. The van der Waals surface area contributed by atoms with Crippen LogP contribution in [0.25, 0.3) is 0 Å². The van der Waals surface area contributed by atoms with Crippen molar-refractivity contribution in [3.05, 3.63) is 29.8 Å². The van der Waals surface area contributed by atoms with Crippen molar-refractivity contribution in [1.29, 1.82) is 0 Å². The molecule has 158 valence electrons. The Labute approximate surface area is 175 Å². The van der Waals surface area contributed by atoms with Crippen molar-refractivity contribution < 1.29 is 23.9 Å². The highest BCUT2D eigenvalue weighted by Gasteiger charge is 2.34. The highest BCUT2D eigenvalue weighted by molar-refractivity contribution is 7.80. The van der Waals surface area contributed by atoms with E-state index in [0.717, 1.165) is 6.42 Å². The number of carbonyl (C=O) groups is 3. The number of carbonyl (C=O) groups excluding carboxylic acids is 3. The second kappa shape index (κ2) is 10.8. The summed E-state index contributed by atoms with van der Waals surface area (Å²) in [4.78, 5) is 38.2. The SMILES string of the molecule is COC(=O)CC1C(=O)NCCN1C(=S)NC(=O)c1ccccc1OCCC(C)C. The van der Waals surface area contributed by atoms with Gasteiger partial charge < -0.3 is 19.7 Å². The molecule has 1 unspecified atom stereocenters. The number of para-hydroxylation sites is 1. The predicted octanol–water partition coefficient (Wildman–Crippen LogP) is 1.49. The lowest BCUT2D eigenvalue weighted by atomic mass is 10.1. The van der Waals surface area contributed by atoms with Gasteiger partial charge in [-0.3, -0.25) is 19.7 Å². The molecule has 1 fully saturated rings. The minimum Gasteiger partial charge on any atom is -0.493 e. The molecule has 2 amide bonds. The number of esters is 1. The van der Waals surface area contributed by atoms with Gasteiger partial charge in [-0.05, 0) is 36.7 Å². The molecule has 1 aliphatic rings. The molecule has 1 atom stereocenters. The van der Waals surface area contributed by atoms with E-state index in [4.69, 9.17) is 17.0 Å². The molecule has 2 N–H and O–H groups in total. The average molecular weight is 422 g/mol. The standard InChI is InChI=1S/C20H27N3O5S/c1-13(2)8-11-28-16-7-5-4-6-14(16)18(25)22-20(29)23-10-9-21-19(26)15(23)12-17(24)27-3/h4-7,13,15H,8-12H2,1-3H3,(H,21,26)(H,22,25,29). The summed E-state index contributed by atoms with van der Waals surface area (Å²) in [6, 6.07) is 6.08. The molecule has 0 aromatic heterocycles. The Morgan fingerprint density at radius 2 is 2.07 bits per heavy atom. The Bertz CT molecular complexity index is 768. The number of nitrogens with one attached hydrogen (secondary N) is 2. The number of hydrogen-bond donors (Lipinski definition) is 2. The summed E-state index contributed by atoms with van der Waals surface area (Å²) in [7, 11) is 1.25. The van der Waals surface area contributed by atoms with Crippen LogP contribution in [0.1, 0.15) is 37.0 Å². The molecule has 0 saturated carbocycles. The van der Waals surface area contributed by atoms with Crippen LogP contribution in [0.3, 0.4) is 0 Å². The van der Waals surface area contributed by atoms with Crippen LogP contribution in [0.15, 0.2) is 24.3 Å². The molecule has 0 bridgehead atoms. The molecular formula is C20H27N3O5S. The summed E-state index contributed by atoms with van der Waals surface area (Å²) < 4.78 is 10.4. The van der Waals surface area contributed by atoms with Gasteiger partial charge in [0, 0.05) is 13.1 Å². The fraction of sp³-hybridized carbons (Fsp3) is 0.500. The highest BCUT2D eigenvalue weighted by Crippen LogP contribution is 2.19. The first kappa shape index (κ1) is 22.6. The topological polar surface area (TPSA) is 97.0 Å². The van der Waals surface area contributed by atoms with Crippen molar-refractivity contribution in [3.63, 3.8) is 0 Å². The summed E-state index contributed by atoms with van der Waals surface area (Å²) in [5.41, 5.74) is 0.351. The zero-order valence-corrected chi connectivity index (χ0v) is 17.7. The molecule has 29 heavy (non-hydrogen) atoms. The van der Waals surface area contributed by atoms with Crippen molar-refractivity contribution in [1.82, 2.24) is 15.5 Å². The molecule has 9 heteroatoms. The van der Waals surface area contributed by atoms with E-state index in [2.05, 4.69) is 29.2 Å². The smallest absolute Gasteiger partial charge is 0.308 e. The fourth-order valence-electron chi connectivity index (χ4n) is 2.82. The number of rotatable bonds is 7. The van der Waals surface area contributed by atoms with Crippen LogP contribution in [0.4, 0.5) is 0 Å². The van der Waals surface area contributed by atoms with Crippen molar-refractivity contribution in [2.45, 2.75) is 32.7 Å². The third-order valence-electron chi connectivity index (χ3n) is 4.48. The summed E-state index contributed by atoms with van der Waals surface area (Å²) in [5, 5.41) is 5.43. The van der Waals surface area contributed by atoms with E-state index in [1.165, 1.54) is 12.0 Å². The van der Waals surface area contributed by atoms with E-state index in [1.54, 1.807) is 24.3 Å². The van der Waals surface area contributed by atoms with Crippen LogP contribution in [-0.2, 0) is 14.3 Å². The zero-order valence-electron chi connectivity index (χ0n) is 16.9. The third-order valence-corrected chi connectivity index (χ3v) is 4.82. The van der Waals surface area contributed by atoms with Crippen LogP contribution in [0.2, 0.25) is 0 Å². The van der Waals surface area contributed by atoms with Gasteiger partial charge in [-0.15, -0.1) is 0 Å². The second-order valence-electron chi connectivity index (χ2n) is 7.07. The van der Waals surface area contributed by atoms with Gasteiger partial charge in [0.25, 0.3) is 5.91 Å². The number of hydrogen-bond acceptors (Lipinski definition) is 6. The third kappa shape index (κ3) is 6.42. The molecule has 0 radical (unpaired) electrons. The summed E-state index contributed by atoms with van der Waals surface area (Å²) in [5.74, 6) is -0.347. The lowest BCUT2D eigenvalue weighted by Crippen LogP contribution is -2.60. The summed E-state index contributed by atoms with van der Waals surface area (Å²) >= 11 is 5.36. The lowest BCUT2D eigenvalue weighted by Gasteiger charge is -2.36. The Morgan fingerprint density at radius 1 is 1.34 bits per heavy atom. The second-order valence-corrected chi connectivity index (χ2v) is 7.45. The maximum atomic E-state index is 12.8. The van der Waals surface area contributed by atoms with Crippen LogP contribution in [0, 0.1) is 5.92 Å². The van der Waals surface area contributed by atoms with Gasteiger partial charge in [-0.25, -0.2) is 0 Å². The molecule has 1 aromatic rings. The molecule has 1 heterocycles. The fourth-order valence-corrected chi connectivity index (χ4v) is 3.13. The number of amides is 2. The maximum Gasteiger partial charge on any atom is 0.308 e. The highest BCUT2D eigenvalue weighted by atomic mass is 32.1. The Hall–Kier alpha value is -2.68. The number of thiocarbonyl (C=S) groups is 1. The van der Waals surface area contributed by atoms with Gasteiger partial charge in [0.15, 0.2) is 5.11 Å². The molecule has 2 rings (SSSR count). The normalized spacial score (nSPS) is 16.2. The molecular weight excluding hydrogens is 394 g/mol. The number of benzene rings is 1. The van der Waals surface area contributed by atoms with E-state index in [-0.39, 0.29) is 17.4 Å². The van der Waals surface area contributed by atoms with E-state index in [1.807, 2.05) is 0 Å². The van der Waals surface area contributed by atoms with Gasteiger partial charge in [0.05, 0.1) is 25.7 Å².